The third kappa shape index (κ3) is 3.27. The van der Waals surface area contributed by atoms with Gasteiger partial charge in [-0.15, -0.1) is 0 Å². The van der Waals surface area contributed by atoms with Crippen molar-refractivity contribution >= 4 is 22.0 Å². The number of halogens is 1. The fourth-order valence-corrected chi connectivity index (χ4v) is 3.25. The molecule has 3 nitrogen and oxygen atoms in total. The molecule has 1 N–H and O–H groups in total. The number of fused-ring (bicyclic) bond motifs is 1. The van der Waals surface area contributed by atoms with E-state index in [1.54, 1.807) is 0 Å². The first kappa shape index (κ1) is 14.1. The summed E-state index contributed by atoms with van der Waals surface area (Å²) in [5, 5.41) is 2.95. The van der Waals surface area contributed by atoms with Gasteiger partial charge in [0.05, 0.1) is 6.04 Å². The minimum absolute atomic E-state index is 0.0424. The highest BCUT2D eigenvalue weighted by Gasteiger charge is 2.25. The monoisotopic (exact) mass is 345 g/mol. The molecule has 0 fully saturated rings. The molecule has 0 aromatic heterocycles. The number of ether oxygens (including phenoxy) is 1. The number of carbonyl (C=O) groups is 1. The molecular formula is C17H16BrNO2. The lowest BCUT2D eigenvalue weighted by Gasteiger charge is -2.14. The largest absolute Gasteiger partial charge is 0.445 e. The molecule has 21 heavy (non-hydrogen) atoms. The van der Waals surface area contributed by atoms with Crippen LogP contribution < -0.4 is 5.32 Å². The second kappa shape index (κ2) is 6.31. The van der Waals surface area contributed by atoms with E-state index >= 15 is 0 Å². The Morgan fingerprint density at radius 2 is 2.00 bits per heavy atom. The first-order valence-electron chi connectivity index (χ1n) is 6.98. The highest BCUT2D eigenvalue weighted by atomic mass is 79.9. The molecule has 2 aromatic rings. The Labute approximate surface area is 132 Å². The minimum Gasteiger partial charge on any atom is -0.445 e. The summed E-state index contributed by atoms with van der Waals surface area (Å²) in [6, 6.07) is 15.8. The number of hydrogen-bond donors (Lipinski definition) is 1. The van der Waals surface area contributed by atoms with E-state index in [-0.39, 0.29) is 12.1 Å². The van der Waals surface area contributed by atoms with Gasteiger partial charge in [-0.25, -0.2) is 4.79 Å². The molecule has 2 aromatic carbocycles. The van der Waals surface area contributed by atoms with E-state index in [4.69, 9.17) is 4.74 Å². The molecular weight excluding hydrogens is 330 g/mol. The van der Waals surface area contributed by atoms with Gasteiger partial charge in [-0.3, -0.25) is 0 Å². The molecule has 0 radical (unpaired) electrons. The minimum atomic E-state index is -0.364. The van der Waals surface area contributed by atoms with Gasteiger partial charge in [-0.05, 0) is 35.6 Å². The van der Waals surface area contributed by atoms with Crippen LogP contribution in [0.1, 0.15) is 29.2 Å². The van der Waals surface area contributed by atoms with E-state index in [2.05, 4.69) is 27.3 Å². The number of carbonyl (C=O) groups excluding carboxylic acids is 1. The van der Waals surface area contributed by atoms with Gasteiger partial charge in [0.25, 0.3) is 0 Å². The molecule has 0 spiro atoms. The molecule has 0 unspecified atom stereocenters. The lowest BCUT2D eigenvalue weighted by molar-refractivity contribution is 0.135. The van der Waals surface area contributed by atoms with Crippen LogP contribution in [-0.2, 0) is 17.8 Å². The second-order valence-corrected chi connectivity index (χ2v) is 5.96. The van der Waals surface area contributed by atoms with Gasteiger partial charge in [0.15, 0.2) is 0 Å². The number of benzene rings is 2. The molecule has 4 heteroatoms. The number of amides is 1. The van der Waals surface area contributed by atoms with Crippen LogP contribution in [0.2, 0.25) is 0 Å². The first-order chi connectivity index (χ1) is 10.2. The Morgan fingerprint density at radius 3 is 2.81 bits per heavy atom. The predicted octanol–water partition coefficient (Wildman–Crippen LogP) is 4.36. The maximum atomic E-state index is 11.9. The van der Waals surface area contributed by atoms with Crippen LogP contribution in [0.5, 0.6) is 0 Å². The second-order valence-electron chi connectivity index (χ2n) is 5.10. The van der Waals surface area contributed by atoms with E-state index in [0.29, 0.717) is 6.61 Å². The number of alkyl carbamates (subject to hydrolysis) is 1. The average Bonchev–Trinajstić information content (AvgIpc) is 2.91. The molecule has 108 valence electrons. The highest BCUT2D eigenvalue weighted by Crippen LogP contribution is 2.35. The number of nitrogens with one attached hydrogen (secondary N) is 1. The zero-order valence-corrected chi connectivity index (χ0v) is 13.1. The van der Waals surface area contributed by atoms with E-state index in [1.807, 2.05) is 42.5 Å². The van der Waals surface area contributed by atoms with Crippen molar-refractivity contribution in [1.29, 1.82) is 0 Å². The molecule has 0 heterocycles. The molecule has 0 saturated heterocycles. The Kier molecular flexibility index (Phi) is 4.25. The third-order valence-electron chi connectivity index (χ3n) is 3.72. The molecule has 0 saturated carbocycles. The first-order valence-corrected chi connectivity index (χ1v) is 7.78. The zero-order chi connectivity index (χ0) is 14.7. The predicted molar refractivity (Wildman–Crippen MR) is 85.0 cm³/mol. The van der Waals surface area contributed by atoms with Crippen molar-refractivity contribution in [2.45, 2.75) is 25.5 Å². The number of rotatable bonds is 3. The van der Waals surface area contributed by atoms with Crippen LogP contribution in [0.15, 0.2) is 53.0 Å². The molecule has 3 rings (SSSR count). The molecule has 0 aliphatic heterocycles. The third-order valence-corrected chi connectivity index (χ3v) is 4.46. The molecule has 1 amide bonds. The van der Waals surface area contributed by atoms with Crippen molar-refractivity contribution in [3.63, 3.8) is 0 Å². The number of hydrogen-bond acceptors (Lipinski definition) is 2. The van der Waals surface area contributed by atoms with Gasteiger partial charge in [-0.2, -0.15) is 0 Å². The van der Waals surface area contributed by atoms with Gasteiger partial charge in [0, 0.05) is 4.47 Å². The van der Waals surface area contributed by atoms with Crippen molar-refractivity contribution in [1.82, 2.24) is 5.32 Å². The Morgan fingerprint density at radius 1 is 1.19 bits per heavy atom. The summed E-state index contributed by atoms with van der Waals surface area (Å²) in [6.07, 6.45) is 1.52. The van der Waals surface area contributed by atoms with Crippen LogP contribution in [0.3, 0.4) is 0 Å². The van der Waals surface area contributed by atoms with E-state index in [9.17, 15) is 4.79 Å². The summed E-state index contributed by atoms with van der Waals surface area (Å²) in [5.74, 6) is 0. The maximum Gasteiger partial charge on any atom is 0.407 e. The Balaban J connectivity index is 1.59. The van der Waals surface area contributed by atoms with Crippen LogP contribution in [-0.4, -0.2) is 6.09 Å². The van der Waals surface area contributed by atoms with Crippen LogP contribution >= 0.6 is 15.9 Å². The van der Waals surface area contributed by atoms with Gasteiger partial charge in [-0.1, -0.05) is 58.4 Å². The van der Waals surface area contributed by atoms with Crippen molar-refractivity contribution in [2.75, 3.05) is 0 Å². The summed E-state index contributed by atoms with van der Waals surface area (Å²) < 4.78 is 6.39. The Bertz CT molecular complexity index is 642. The normalized spacial score (nSPS) is 16.3. The maximum absolute atomic E-state index is 11.9. The summed E-state index contributed by atoms with van der Waals surface area (Å²) >= 11 is 3.56. The topological polar surface area (TPSA) is 38.3 Å². The van der Waals surface area contributed by atoms with Gasteiger partial charge in [0.2, 0.25) is 0 Å². The lowest BCUT2D eigenvalue weighted by Crippen LogP contribution is -2.27. The summed E-state index contributed by atoms with van der Waals surface area (Å²) in [5.41, 5.74) is 3.45. The van der Waals surface area contributed by atoms with Crippen molar-refractivity contribution in [2.24, 2.45) is 0 Å². The summed E-state index contributed by atoms with van der Waals surface area (Å²) in [7, 11) is 0. The van der Waals surface area contributed by atoms with E-state index in [0.717, 1.165) is 22.9 Å². The molecule has 1 aliphatic carbocycles. The fraction of sp³-hybridized carbons (Fsp3) is 0.235. The molecule has 0 bridgehead atoms. The van der Waals surface area contributed by atoms with Crippen molar-refractivity contribution in [3.8, 4) is 0 Å². The van der Waals surface area contributed by atoms with Crippen LogP contribution in [0, 0.1) is 0 Å². The standard InChI is InChI=1S/C17H16BrNO2/c18-15-8-4-7-14-13(15)9-10-16(14)19-17(20)21-11-12-5-2-1-3-6-12/h1-8,16H,9-11H2,(H,19,20)/t16-/m0/s1. The van der Waals surface area contributed by atoms with Crippen LogP contribution in [0.4, 0.5) is 4.79 Å². The quantitative estimate of drug-likeness (QED) is 0.897. The van der Waals surface area contributed by atoms with Gasteiger partial charge < -0.3 is 10.1 Å². The van der Waals surface area contributed by atoms with Crippen molar-refractivity contribution in [3.05, 3.63) is 69.7 Å². The highest BCUT2D eigenvalue weighted by molar-refractivity contribution is 9.10. The fourth-order valence-electron chi connectivity index (χ4n) is 2.67. The average molecular weight is 346 g/mol. The zero-order valence-electron chi connectivity index (χ0n) is 11.5. The summed E-state index contributed by atoms with van der Waals surface area (Å²) in [6.45, 7) is 0.296. The lowest BCUT2D eigenvalue weighted by atomic mass is 10.1. The summed E-state index contributed by atoms with van der Waals surface area (Å²) in [4.78, 5) is 11.9. The smallest absolute Gasteiger partial charge is 0.407 e. The Hall–Kier alpha value is -1.81. The van der Waals surface area contributed by atoms with E-state index < -0.39 is 0 Å². The van der Waals surface area contributed by atoms with Crippen molar-refractivity contribution < 1.29 is 9.53 Å². The SMILES string of the molecule is O=C(N[C@H]1CCc2c(Br)cccc21)OCc1ccccc1. The molecule has 1 aliphatic rings. The van der Waals surface area contributed by atoms with Gasteiger partial charge >= 0.3 is 6.09 Å². The van der Waals surface area contributed by atoms with Crippen LogP contribution in [0.25, 0.3) is 0 Å². The van der Waals surface area contributed by atoms with E-state index in [1.165, 1.54) is 11.1 Å². The molecule has 1 atom stereocenters. The van der Waals surface area contributed by atoms with Gasteiger partial charge in [0.1, 0.15) is 6.61 Å².